The Kier molecular flexibility index (Phi) is 6.12. The van der Waals surface area contributed by atoms with Crippen LogP contribution in [0.4, 0.5) is 0 Å². The Labute approximate surface area is 120 Å². The van der Waals surface area contributed by atoms with Crippen LogP contribution in [-0.4, -0.2) is 42.6 Å². The second-order valence-corrected chi connectivity index (χ2v) is 4.66. The monoisotopic (exact) mass is 284 g/mol. The molecular formula is C14H21ClN2O2. The highest BCUT2D eigenvalue weighted by molar-refractivity contribution is 5.85. The lowest BCUT2D eigenvalue weighted by Gasteiger charge is -2.35. The van der Waals surface area contributed by atoms with E-state index < -0.39 is 6.10 Å². The van der Waals surface area contributed by atoms with Crippen LogP contribution in [0.3, 0.4) is 0 Å². The van der Waals surface area contributed by atoms with Gasteiger partial charge in [-0.15, -0.1) is 12.4 Å². The van der Waals surface area contributed by atoms with Gasteiger partial charge in [0, 0.05) is 25.7 Å². The van der Waals surface area contributed by atoms with E-state index in [1.54, 1.807) is 0 Å². The average Bonchev–Trinajstić information content (AvgIpc) is 2.39. The van der Waals surface area contributed by atoms with E-state index in [0.717, 1.165) is 25.4 Å². The number of nitrogens with one attached hydrogen (secondary N) is 1. The van der Waals surface area contributed by atoms with E-state index in [2.05, 4.69) is 12.2 Å². The van der Waals surface area contributed by atoms with Crippen molar-refractivity contribution in [2.45, 2.75) is 26.0 Å². The van der Waals surface area contributed by atoms with Crippen LogP contribution in [0, 0.1) is 0 Å². The van der Waals surface area contributed by atoms with Crippen LogP contribution in [0.25, 0.3) is 0 Å². The van der Waals surface area contributed by atoms with Crippen LogP contribution in [0.15, 0.2) is 30.3 Å². The maximum absolute atomic E-state index is 12.3. The number of para-hydroxylation sites is 1. The van der Waals surface area contributed by atoms with Gasteiger partial charge in [-0.1, -0.05) is 18.2 Å². The molecule has 1 heterocycles. The van der Waals surface area contributed by atoms with Gasteiger partial charge in [-0.3, -0.25) is 4.79 Å². The summed E-state index contributed by atoms with van der Waals surface area (Å²) in [5.74, 6) is 0.800. The first-order valence-corrected chi connectivity index (χ1v) is 6.41. The summed E-state index contributed by atoms with van der Waals surface area (Å²) in [4.78, 5) is 14.2. The first kappa shape index (κ1) is 15.8. The van der Waals surface area contributed by atoms with Crippen molar-refractivity contribution in [3.05, 3.63) is 30.3 Å². The molecule has 1 aromatic rings. The standard InChI is InChI=1S/C14H20N2O2.ClH/c1-11-10-15-8-9-16(11)14(17)12(2)18-13-6-4-3-5-7-13;/h3-7,11-12,15H,8-10H2,1-2H3;1H/t11-,12?;/m0./s1. The molecule has 106 valence electrons. The Balaban J connectivity index is 0.00000180. The van der Waals surface area contributed by atoms with Crippen LogP contribution >= 0.6 is 12.4 Å². The Morgan fingerprint density at radius 2 is 2.11 bits per heavy atom. The van der Waals surface area contributed by atoms with Crippen molar-refractivity contribution in [2.24, 2.45) is 0 Å². The molecule has 0 bridgehead atoms. The number of amides is 1. The van der Waals surface area contributed by atoms with E-state index in [1.165, 1.54) is 0 Å². The minimum atomic E-state index is -0.437. The molecule has 1 aromatic carbocycles. The van der Waals surface area contributed by atoms with Gasteiger partial charge in [0.15, 0.2) is 6.10 Å². The van der Waals surface area contributed by atoms with Gasteiger partial charge in [-0.25, -0.2) is 0 Å². The van der Waals surface area contributed by atoms with Crippen molar-refractivity contribution in [3.63, 3.8) is 0 Å². The van der Waals surface area contributed by atoms with Crippen LogP contribution in [0.2, 0.25) is 0 Å². The number of ether oxygens (including phenoxy) is 1. The number of piperazine rings is 1. The van der Waals surface area contributed by atoms with E-state index in [4.69, 9.17) is 4.74 Å². The second kappa shape index (κ2) is 7.36. The number of benzene rings is 1. The van der Waals surface area contributed by atoms with Gasteiger partial charge < -0.3 is 15.0 Å². The molecule has 1 aliphatic heterocycles. The smallest absolute Gasteiger partial charge is 0.263 e. The zero-order valence-electron chi connectivity index (χ0n) is 11.3. The molecule has 0 aliphatic carbocycles. The van der Waals surface area contributed by atoms with E-state index >= 15 is 0 Å². The molecule has 2 rings (SSSR count). The zero-order valence-corrected chi connectivity index (χ0v) is 12.2. The predicted octanol–water partition coefficient (Wildman–Crippen LogP) is 1.70. The maximum atomic E-state index is 12.3. The van der Waals surface area contributed by atoms with Crippen molar-refractivity contribution in [2.75, 3.05) is 19.6 Å². The van der Waals surface area contributed by atoms with Gasteiger partial charge in [0.25, 0.3) is 5.91 Å². The Morgan fingerprint density at radius 1 is 1.42 bits per heavy atom. The highest BCUT2D eigenvalue weighted by Gasteiger charge is 2.27. The molecule has 1 fully saturated rings. The topological polar surface area (TPSA) is 41.6 Å². The molecule has 1 unspecified atom stereocenters. The minimum Gasteiger partial charge on any atom is -0.481 e. The number of rotatable bonds is 3. The normalized spacial score (nSPS) is 20.3. The summed E-state index contributed by atoms with van der Waals surface area (Å²) in [5.41, 5.74) is 0. The van der Waals surface area contributed by atoms with Crippen molar-refractivity contribution >= 4 is 18.3 Å². The number of halogens is 1. The molecule has 19 heavy (non-hydrogen) atoms. The molecule has 0 radical (unpaired) electrons. The Morgan fingerprint density at radius 3 is 2.74 bits per heavy atom. The summed E-state index contributed by atoms with van der Waals surface area (Å²) in [6.07, 6.45) is -0.437. The van der Waals surface area contributed by atoms with Crippen molar-refractivity contribution in [1.29, 1.82) is 0 Å². The fraction of sp³-hybridized carbons (Fsp3) is 0.500. The van der Waals surface area contributed by atoms with Gasteiger partial charge in [0.1, 0.15) is 5.75 Å². The summed E-state index contributed by atoms with van der Waals surface area (Å²) in [7, 11) is 0. The lowest BCUT2D eigenvalue weighted by atomic mass is 10.2. The molecule has 4 nitrogen and oxygen atoms in total. The van der Waals surface area contributed by atoms with E-state index in [-0.39, 0.29) is 24.4 Å². The molecule has 1 N–H and O–H groups in total. The van der Waals surface area contributed by atoms with Crippen molar-refractivity contribution in [1.82, 2.24) is 10.2 Å². The number of nitrogens with zero attached hydrogens (tertiary/aromatic N) is 1. The molecule has 1 amide bonds. The molecule has 1 saturated heterocycles. The first-order valence-electron chi connectivity index (χ1n) is 6.41. The largest absolute Gasteiger partial charge is 0.481 e. The highest BCUT2D eigenvalue weighted by Crippen LogP contribution is 2.13. The summed E-state index contributed by atoms with van der Waals surface area (Å²) >= 11 is 0. The summed E-state index contributed by atoms with van der Waals surface area (Å²) in [5, 5.41) is 3.27. The fourth-order valence-corrected chi connectivity index (χ4v) is 2.16. The predicted molar refractivity (Wildman–Crippen MR) is 77.8 cm³/mol. The van der Waals surface area contributed by atoms with Gasteiger partial charge in [0.2, 0.25) is 0 Å². The first-order chi connectivity index (χ1) is 8.68. The van der Waals surface area contributed by atoms with E-state index in [0.29, 0.717) is 0 Å². The quantitative estimate of drug-likeness (QED) is 0.918. The number of carbonyl (C=O) groups excluding carboxylic acids is 1. The third kappa shape index (κ3) is 4.11. The molecule has 0 spiro atoms. The number of carbonyl (C=O) groups is 1. The molecule has 2 atom stereocenters. The summed E-state index contributed by atoms with van der Waals surface area (Å²) in [6.45, 7) is 6.32. The third-order valence-corrected chi connectivity index (χ3v) is 3.19. The number of hydrogen-bond donors (Lipinski definition) is 1. The second-order valence-electron chi connectivity index (χ2n) is 4.66. The lowest BCUT2D eigenvalue weighted by Crippen LogP contribution is -2.55. The van der Waals surface area contributed by atoms with Crippen LogP contribution in [0.1, 0.15) is 13.8 Å². The van der Waals surface area contributed by atoms with Gasteiger partial charge >= 0.3 is 0 Å². The van der Waals surface area contributed by atoms with Crippen molar-refractivity contribution < 1.29 is 9.53 Å². The SMILES string of the molecule is CC(Oc1ccccc1)C(=O)N1CCNC[C@@H]1C.Cl. The summed E-state index contributed by atoms with van der Waals surface area (Å²) in [6, 6.07) is 9.70. The Hall–Kier alpha value is -1.26. The number of hydrogen-bond acceptors (Lipinski definition) is 3. The highest BCUT2D eigenvalue weighted by atomic mass is 35.5. The third-order valence-electron chi connectivity index (χ3n) is 3.19. The minimum absolute atomic E-state index is 0. The molecule has 0 aromatic heterocycles. The average molecular weight is 285 g/mol. The van der Waals surface area contributed by atoms with E-state index in [9.17, 15) is 4.79 Å². The van der Waals surface area contributed by atoms with Gasteiger partial charge in [0.05, 0.1) is 0 Å². The van der Waals surface area contributed by atoms with Crippen LogP contribution in [0.5, 0.6) is 5.75 Å². The van der Waals surface area contributed by atoms with Crippen LogP contribution < -0.4 is 10.1 Å². The zero-order chi connectivity index (χ0) is 13.0. The van der Waals surface area contributed by atoms with Gasteiger partial charge in [-0.05, 0) is 26.0 Å². The van der Waals surface area contributed by atoms with Gasteiger partial charge in [-0.2, -0.15) is 0 Å². The molecule has 1 aliphatic rings. The van der Waals surface area contributed by atoms with E-state index in [1.807, 2.05) is 42.2 Å². The van der Waals surface area contributed by atoms with Crippen LogP contribution in [-0.2, 0) is 4.79 Å². The maximum Gasteiger partial charge on any atom is 0.263 e. The fourth-order valence-electron chi connectivity index (χ4n) is 2.16. The summed E-state index contributed by atoms with van der Waals surface area (Å²) < 4.78 is 5.67. The lowest BCUT2D eigenvalue weighted by molar-refractivity contribution is -0.140. The molecular weight excluding hydrogens is 264 g/mol. The molecule has 5 heteroatoms. The molecule has 0 saturated carbocycles. The van der Waals surface area contributed by atoms with Crippen molar-refractivity contribution in [3.8, 4) is 5.75 Å². The Bertz CT molecular complexity index is 400.